The molecule has 1 fully saturated rings. The Hall–Kier alpha value is -3.06. The van der Waals surface area contributed by atoms with Gasteiger partial charge >= 0.3 is 0 Å². The van der Waals surface area contributed by atoms with Crippen molar-refractivity contribution in [3.05, 3.63) is 71.0 Å². The molecule has 7 heteroatoms. The molecule has 0 aliphatic carbocycles. The molecule has 1 saturated heterocycles. The van der Waals surface area contributed by atoms with Crippen molar-refractivity contribution in [2.75, 3.05) is 19.6 Å². The predicted molar refractivity (Wildman–Crippen MR) is 111 cm³/mol. The second-order valence-electron chi connectivity index (χ2n) is 7.60. The zero-order valence-corrected chi connectivity index (χ0v) is 17.4. The fourth-order valence-electron chi connectivity index (χ4n) is 3.83. The number of carbonyl (C=O) groups excluding carboxylic acids is 1. The van der Waals surface area contributed by atoms with Gasteiger partial charge in [-0.3, -0.25) is 9.69 Å². The molecule has 3 heterocycles. The van der Waals surface area contributed by atoms with Gasteiger partial charge in [-0.25, -0.2) is 0 Å². The van der Waals surface area contributed by atoms with Crippen LogP contribution in [0.2, 0.25) is 0 Å². The van der Waals surface area contributed by atoms with E-state index in [0.29, 0.717) is 24.5 Å². The summed E-state index contributed by atoms with van der Waals surface area (Å²) in [5.74, 6) is 2.12. The predicted octanol–water partition coefficient (Wildman–Crippen LogP) is 4.03. The minimum absolute atomic E-state index is 0.0467. The number of likely N-dealkylation sites (tertiary alicyclic amines) is 1. The smallest absolute Gasteiger partial charge is 0.251 e. The van der Waals surface area contributed by atoms with Crippen LogP contribution in [0.1, 0.15) is 52.0 Å². The number of aromatic nitrogens is 1. The summed E-state index contributed by atoms with van der Waals surface area (Å²) >= 11 is 0. The van der Waals surface area contributed by atoms with Gasteiger partial charge in [0.2, 0.25) is 0 Å². The van der Waals surface area contributed by atoms with Crippen LogP contribution < -0.4 is 10.1 Å². The summed E-state index contributed by atoms with van der Waals surface area (Å²) in [5.41, 5.74) is 2.30. The van der Waals surface area contributed by atoms with Crippen molar-refractivity contribution < 1.29 is 18.5 Å². The number of nitrogens with zero attached hydrogens (tertiary/aromatic N) is 2. The zero-order chi connectivity index (χ0) is 20.9. The fourth-order valence-corrected chi connectivity index (χ4v) is 3.83. The lowest BCUT2D eigenvalue weighted by atomic mass is 10.1. The number of carbonyl (C=O) groups is 1. The molecule has 1 N–H and O–H groups in total. The molecule has 158 valence electrons. The van der Waals surface area contributed by atoms with E-state index in [1.165, 1.54) is 12.8 Å². The van der Waals surface area contributed by atoms with E-state index >= 15 is 0 Å². The number of hydrogen-bond donors (Lipinski definition) is 1. The number of amides is 1. The Bertz CT molecular complexity index is 955. The Balaban J connectivity index is 1.39. The number of furan rings is 1. The minimum Gasteiger partial charge on any atom is -0.489 e. The molecule has 7 nitrogen and oxygen atoms in total. The molecule has 1 aliphatic heterocycles. The van der Waals surface area contributed by atoms with E-state index in [-0.39, 0.29) is 11.9 Å². The van der Waals surface area contributed by atoms with E-state index in [9.17, 15) is 4.79 Å². The maximum Gasteiger partial charge on any atom is 0.251 e. The first-order chi connectivity index (χ1) is 14.6. The second kappa shape index (κ2) is 9.17. The number of benzene rings is 1. The third-order valence-electron chi connectivity index (χ3n) is 5.57. The van der Waals surface area contributed by atoms with Gasteiger partial charge in [-0.2, -0.15) is 0 Å². The van der Waals surface area contributed by atoms with Crippen LogP contribution in [0.15, 0.2) is 51.6 Å². The van der Waals surface area contributed by atoms with E-state index in [0.717, 1.165) is 35.9 Å². The highest BCUT2D eigenvalue weighted by Gasteiger charge is 2.26. The molecule has 1 amide bonds. The molecule has 0 radical (unpaired) electrons. The molecule has 30 heavy (non-hydrogen) atoms. The lowest BCUT2D eigenvalue weighted by Crippen LogP contribution is -2.36. The topological polar surface area (TPSA) is 80.7 Å². The molecule has 0 unspecified atom stereocenters. The average molecular weight is 409 g/mol. The third kappa shape index (κ3) is 4.57. The zero-order valence-electron chi connectivity index (χ0n) is 17.4. The van der Waals surface area contributed by atoms with Gasteiger partial charge in [0.1, 0.15) is 23.9 Å². The Morgan fingerprint density at radius 1 is 1.23 bits per heavy atom. The highest BCUT2D eigenvalue weighted by molar-refractivity contribution is 5.94. The normalized spacial score (nSPS) is 15.3. The summed E-state index contributed by atoms with van der Waals surface area (Å²) in [6.07, 6.45) is 4.03. The summed E-state index contributed by atoms with van der Waals surface area (Å²) < 4.78 is 16.7. The first kappa shape index (κ1) is 20.2. The summed E-state index contributed by atoms with van der Waals surface area (Å²) in [7, 11) is 0. The van der Waals surface area contributed by atoms with Gasteiger partial charge in [0.15, 0.2) is 0 Å². The third-order valence-corrected chi connectivity index (χ3v) is 5.57. The van der Waals surface area contributed by atoms with Crippen LogP contribution in [0.25, 0.3) is 0 Å². The van der Waals surface area contributed by atoms with Crippen LogP contribution in [0.3, 0.4) is 0 Å². The lowest BCUT2D eigenvalue weighted by molar-refractivity contribution is 0.0933. The van der Waals surface area contributed by atoms with E-state index < -0.39 is 0 Å². The monoisotopic (exact) mass is 409 g/mol. The molecule has 1 aliphatic rings. The highest BCUT2D eigenvalue weighted by Crippen LogP contribution is 2.25. The summed E-state index contributed by atoms with van der Waals surface area (Å²) in [4.78, 5) is 15.1. The van der Waals surface area contributed by atoms with Gasteiger partial charge in [0, 0.05) is 12.1 Å². The number of aryl methyl sites for hydroxylation is 2. The van der Waals surface area contributed by atoms with Crippen LogP contribution in [-0.4, -0.2) is 35.6 Å². The molecule has 0 saturated carbocycles. The summed E-state index contributed by atoms with van der Waals surface area (Å²) in [6, 6.07) is 11.1. The van der Waals surface area contributed by atoms with Crippen molar-refractivity contribution in [1.82, 2.24) is 15.4 Å². The van der Waals surface area contributed by atoms with Crippen LogP contribution in [-0.2, 0) is 6.61 Å². The van der Waals surface area contributed by atoms with Crippen LogP contribution in [0.5, 0.6) is 5.75 Å². The Morgan fingerprint density at radius 3 is 2.77 bits per heavy atom. The van der Waals surface area contributed by atoms with Gasteiger partial charge in [0.05, 0.1) is 23.6 Å². The number of nitrogens with one attached hydrogen (secondary N) is 1. The van der Waals surface area contributed by atoms with E-state index in [4.69, 9.17) is 13.7 Å². The lowest BCUT2D eigenvalue weighted by Gasteiger charge is -2.26. The van der Waals surface area contributed by atoms with Gasteiger partial charge < -0.3 is 19.0 Å². The molecule has 2 aromatic heterocycles. The van der Waals surface area contributed by atoms with Crippen LogP contribution >= 0.6 is 0 Å². The van der Waals surface area contributed by atoms with E-state index in [2.05, 4.69) is 15.4 Å². The average Bonchev–Trinajstić information content (AvgIpc) is 3.52. The van der Waals surface area contributed by atoms with E-state index in [1.807, 2.05) is 38.1 Å². The molecule has 0 bridgehead atoms. The maximum absolute atomic E-state index is 12.8. The molecule has 4 rings (SSSR count). The Kier molecular flexibility index (Phi) is 6.18. The number of ether oxygens (including phenoxy) is 1. The number of hydrogen-bond acceptors (Lipinski definition) is 6. The first-order valence-corrected chi connectivity index (χ1v) is 10.3. The van der Waals surface area contributed by atoms with Gasteiger partial charge in [-0.1, -0.05) is 11.2 Å². The minimum atomic E-state index is -0.131. The molecule has 0 spiro atoms. The van der Waals surface area contributed by atoms with E-state index in [1.54, 1.807) is 18.4 Å². The van der Waals surface area contributed by atoms with Gasteiger partial charge in [-0.15, -0.1) is 0 Å². The maximum atomic E-state index is 12.8. The largest absolute Gasteiger partial charge is 0.489 e. The standard InChI is InChI=1S/C23H27N3O4/c1-16-20(17(2)30-25-16)15-29-19-8-5-7-18(13-19)23(27)24-14-21(22-9-6-12-28-22)26-10-3-4-11-26/h5-9,12-13,21H,3-4,10-11,14-15H2,1-2H3,(H,24,27)/t21-/m1/s1. The molecule has 1 aromatic carbocycles. The van der Waals surface area contributed by atoms with Crippen molar-refractivity contribution in [3.63, 3.8) is 0 Å². The van der Waals surface area contributed by atoms with Crippen LogP contribution in [0, 0.1) is 13.8 Å². The Morgan fingerprint density at radius 2 is 2.07 bits per heavy atom. The first-order valence-electron chi connectivity index (χ1n) is 10.3. The molecule has 1 atom stereocenters. The molecular formula is C23H27N3O4. The van der Waals surface area contributed by atoms with Gasteiger partial charge in [-0.05, 0) is 70.1 Å². The molecule has 3 aromatic rings. The van der Waals surface area contributed by atoms with Crippen LogP contribution in [0.4, 0.5) is 0 Å². The highest BCUT2D eigenvalue weighted by atomic mass is 16.5. The SMILES string of the molecule is Cc1noc(C)c1COc1cccc(C(=O)NC[C@H](c2ccco2)N2CCCC2)c1. The molecular weight excluding hydrogens is 382 g/mol. The summed E-state index contributed by atoms with van der Waals surface area (Å²) in [6.45, 7) is 6.63. The van der Waals surface area contributed by atoms with Crippen molar-refractivity contribution in [3.8, 4) is 5.75 Å². The van der Waals surface area contributed by atoms with Crippen molar-refractivity contribution in [2.24, 2.45) is 0 Å². The van der Waals surface area contributed by atoms with Gasteiger partial charge in [0.25, 0.3) is 5.91 Å². The van der Waals surface area contributed by atoms with Crippen molar-refractivity contribution in [2.45, 2.75) is 39.3 Å². The summed E-state index contributed by atoms with van der Waals surface area (Å²) in [5, 5.41) is 7.00. The van der Waals surface area contributed by atoms with Crippen molar-refractivity contribution in [1.29, 1.82) is 0 Å². The fraction of sp³-hybridized carbons (Fsp3) is 0.391. The quantitative estimate of drug-likeness (QED) is 0.605. The van der Waals surface area contributed by atoms with Crippen molar-refractivity contribution >= 4 is 5.91 Å². The number of rotatable bonds is 8. The Labute approximate surface area is 176 Å². The second-order valence-corrected chi connectivity index (χ2v) is 7.60.